The maximum absolute atomic E-state index is 13.2. The van der Waals surface area contributed by atoms with Crippen LogP contribution in [0.15, 0.2) is 84.0 Å². The van der Waals surface area contributed by atoms with Crippen LogP contribution >= 0.6 is 0 Å². The van der Waals surface area contributed by atoms with E-state index in [4.69, 9.17) is 5.26 Å². The minimum Gasteiger partial charge on any atom is -0.345 e. The molecule has 0 radical (unpaired) electrons. The SMILES string of the molecule is N#CCCNS(=O)(=O)c1cccc(C(=O)NC(c2ccccc2)c2ccc3nc[nH]c3c2)c1. The molecule has 1 aromatic heterocycles. The van der Waals surface area contributed by atoms with Crippen molar-refractivity contribution in [2.45, 2.75) is 17.4 Å². The molecule has 166 valence electrons. The molecule has 0 bridgehead atoms. The van der Waals surface area contributed by atoms with Crippen molar-refractivity contribution in [2.24, 2.45) is 0 Å². The molecule has 1 unspecified atom stereocenters. The van der Waals surface area contributed by atoms with Crippen LogP contribution in [0.5, 0.6) is 0 Å². The van der Waals surface area contributed by atoms with Crippen LogP contribution < -0.4 is 10.0 Å². The third-order valence-electron chi connectivity index (χ3n) is 5.12. The highest BCUT2D eigenvalue weighted by atomic mass is 32.2. The van der Waals surface area contributed by atoms with Crippen molar-refractivity contribution in [1.82, 2.24) is 20.0 Å². The molecule has 4 aromatic rings. The Kier molecular flexibility index (Phi) is 6.49. The Morgan fingerprint density at radius 1 is 1.03 bits per heavy atom. The van der Waals surface area contributed by atoms with Crippen LogP contribution in [-0.4, -0.2) is 30.8 Å². The van der Waals surface area contributed by atoms with E-state index < -0.39 is 22.0 Å². The lowest BCUT2D eigenvalue weighted by molar-refractivity contribution is 0.0942. The number of nitrogens with one attached hydrogen (secondary N) is 3. The largest absolute Gasteiger partial charge is 0.345 e. The second-order valence-electron chi connectivity index (χ2n) is 7.33. The molecule has 0 saturated heterocycles. The number of aromatic nitrogens is 2. The van der Waals surface area contributed by atoms with Gasteiger partial charge in [0.25, 0.3) is 5.91 Å². The van der Waals surface area contributed by atoms with Gasteiger partial charge in [0.15, 0.2) is 0 Å². The van der Waals surface area contributed by atoms with Gasteiger partial charge < -0.3 is 10.3 Å². The van der Waals surface area contributed by atoms with Gasteiger partial charge in [0, 0.05) is 18.5 Å². The van der Waals surface area contributed by atoms with Gasteiger partial charge in [-0.05, 0) is 41.5 Å². The Morgan fingerprint density at radius 3 is 2.64 bits per heavy atom. The Labute approximate surface area is 191 Å². The molecule has 1 amide bonds. The summed E-state index contributed by atoms with van der Waals surface area (Å²) >= 11 is 0. The molecule has 0 aliphatic heterocycles. The third-order valence-corrected chi connectivity index (χ3v) is 6.58. The number of H-pyrrole nitrogens is 1. The highest BCUT2D eigenvalue weighted by Crippen LogP contribution is 2.25. The van der Waals surface area contributed by atoms with Crippen molar-refractivity contribution in [1.29, 1.82) is 5.26 Å². The van der Waals surface area contributed by atoms with E-state index in [9.17, 15) is 13.2 Å². The van der Waals surface area contributed by atoms with Gasteiger partial charge in [0.1, 0.15) is 0 Å². The molecule has 0 aliphatic carbocycles. The van der Waals surface area contributed by atoms with Crippen LogP contribution in [0.3, 0.4) is 0 Å². The molecule has 0 aliphatic rings. The standard InChI is InChI=1S/C24H21N5O3S/c25-12-5-13-28-33(31,32)20-9-4-8-19(14-20)24(30)29-23(17-6-2-1-3-7-17)18-10-11-21-22(15-18)27-16-26-21/h1-4,6-11,14-16,23,28H,5,13H2,(H,26,27)(H,29,30). The van der Waals surface area contributed by atoms with E-state index in [1.165, 1.54) is 18.2 Å². The van der Waals surface area contributed by atoms with Crippen molar-refractivity contribution in [2.75, 3.05) is 6.54 Å². The first-order chi connectivity index (χ1) is 16.0. The number of imidazole rings is 1. The quantitative estimate of drug-likeness (QED) is 0.349. The molecule has 4 rings (SSSR count). The van der Waals surface area contributed by atoms with E-state index in [-0.39, 0.29) is 23.4 Å². The van der Waals surface area contributed by atoms with Crippen molar-refractivity contribution in [3.05, 3.63) is 95.8 Å². The van der Waals surface area contributed by atoms with Gasteiger partial charge in [-0.1, -0.05) is 42.5 Å². The zero-order valence-corrected chi connectivity index (χ0v) is 18.3. The fourth-order valence-corrected chi connectivity index (χ4v) is 4.56. The van der Waals surface area contributed by atoms with Crippen molar-refractivity contribution in [3.8, 4) is 6.07 Å². The second-order valence-corrected chi connectivity index (χ2v) is 9.10. The summed E-state index contributed by atoms with van der Waals surface area (Å²) in [7, 11) is -3.83. The van der Waals surface area contributed by atoms with Gasteiger partial charge in [0.05, 0.1) is 34.4 Å². The summed E-state index contributed by atoms with van der Waals surface area (Å²) < 4.78 is 27.3. The summed E-state index contributed by atoms with van der Waals surface area (Å²) in [6.07, 6.45) is 1.67. The third kappa shape index (κ3) is 5.09. The van der Waals surface area contributed by atoms with Crippen LogP contribution in [0.25, 0.3) is 11.0 Å². The normalized spacial score (nSPS) is 12.2. The van der Waals surface area contributed by atoms with Crippen LogP contribution in [-0.2, 0) is 10.0 Å². The summed E-state index contributed by atoms with van der Waals surface area (Å²) in [5, 5.41) is 11.6. The number of fused-ring (bicyclic) bond motifs is 1. The maximum atomic E-state index is 13.2. The number of carbonyl (C=O) groups excluding carboxylic acids is 1. The number of hydrogen-bond donors (Lipinski definition) is 3. The number of aromatic amines is 1. The van der Waals surface area contributed by atoms with Crippen LogP contribution in [0.4, 0.5) is 0 Å². The lowest BCUT2D eigenvalue weighted by atomic mass is 9.97. The molecule has 0 fully saturated rings. The van der Waals surface area contributed by atoms with E-state index in [0.29, 0.717) is 0 Å². The minimum absolute atomic E-state index is 0.00141. The Bertz CT molecular complexity index is 1430. The Hall–Kier alpha value is -4.00. The predicted molar refractivity (Wildman–Crippen MR) is 124 cm³/mol. The molecular formula is C24H21N5O3S. The van der Waals surface area contributed by atoms with E-state index in [1.54, 1.807) is 12.4 Å². The molecule has 0 spiro atoms. The highest BCUT2D eigenvalue weighted by molar-refractivity contribution is 7.89. The number of amides is 1. The van der Waals surface area contributed by atoms with E-state index in [2.05, 4.69) is 20.0 Å². The molecule has 33 heavy (non-hydrogen) atoms. The fourth-order valence-electron chi connectivity index (χ4n) is 3.48. The van der Waals surface area contributed by atoms with Crippen LogP contribution in [0, 0.1) is 11.3 Å². The summed E-state index contributed by atoms with van der Waals surface area (Å²) in [6, 6.07) is 22.5. The van der Waals surface area contributed by atoms with Gasteiger partial charge in [0.2, 0.25) is 10.0 Å². The topological polar surface area (TPSA) is 128 Å². The molecule has 3 N–H and O–H groups in total. The maximum Gasteiger partial charge on any atom is 0.252 e. The summed E-state index contributed by atoms with van der Waals surface area (Å²) in [6.45, 7) is 0.00141. The van der Waals surface area contributed by atoms with E-state index in [1.807, 2.05) is 54.6 Å². The van der Waals surface area contributed by atoms with Gasteiger partial charge in [-0.2, -0.15) is 5.26 Å². The van der Waals surface area contributed by atoms with Crippen LogP contribution in [0.1, 0.15) is 33.9 Å². The summed E-state index contributed by atoms with van der Waals surface area (Å²) in [5.41, 5.74) is 3.61. The summed E-state index contributed by atoms with van der Waals surface area (Å²) in [5.74, 6) is -0.414. The zero-order chi connectivity index (χ0) is 23.3. The smallest absolute Gasteiger partial charge is 0.252 e. The van der Waals surface area contributed by atoms with Gasteiger partial charge >= 0.3 is 0 Å². The molecule has 8 nitrogen and oxygen atoms in total. The second kappa shape index (κ2) is 9.65. The number of benzene rings is 3. The lowest BCUT2D eigenvalue weighted by Gasteiger charge is -2.20. The van der Waals surface area contributed by atoms with Gasteiger partial charge in [-0.3, -0.25) is 4.79 Å². The van der Waals surface area contributed by atoms with E-state index in [0.717, 1.165) is 22.2 Å². The van der Waals surface area contributed by atoms with Gasteiger partial charge in [-0.15, -0.1) is 0 Å². The predicted octanol–water partition coefficient (Wildman–Crippen LogP) is 3.27. The molecule has 9 heteroatoms. The van der Waals surface area contributed by atoms with Crippen LogP contribution in [0.2, 0.25) is 0 Å². The molecule has 3 aromatic carbocycles. The first kappa shape index (κ1) is 22.2. The van der Waals surface area contributed by atoms with Crippen molar-refractivity contribution < 1.29 is 13.2 Å². The first-order valence-corrected chi connectivity index (χ1v) is 11.7. The number of nitriles is 1. The first-order valence-electron chi connectivity index (χ1n) is 10.2. The number of sulfonamides is 1. The Morgan fingerprint density at radius 2 is 1.85 bits per heavy atom. The lowest BCUT2D eigenvalue weighted by Crippen LogP contribution is -2.30. The molecule has 1 atom stereocenters. The minimum atomic E-state index is -3.83. The number of carbonyl (C=O) groups is 1. The molecule has 0 saturated carbocycles. The number of nitrogens with zero attached hydrogens (tertiary/aromatic N) is 2. The summed E-state index contributed by atoms with van der Waals surface area (Å²) in [4.78, 5) is 20.4. The zero-order valence-electron chi connectivity index (χ0n) is 17.5. The average molecular weight is 460 g/mol. The monoisotopic (exact) mass is 459 g/mol. The number of rotatable bonds is 8. The molecular weight excluding hydrogens is 438 g/mol. The van der Waals surface area contributed by atoms with E-state index >= 15 is 0 Å². The molecule has 1 heterocycles. The van der Waals surface area contributed by atoms with Gasteiger partial charge in [-0.25, -0.2) is 18.1 Å². The number of hydrogen-bond acceptors (Lipinski definition) is 5. The fraction of sp³-hybridized carbons (Fsp3) is 0.125. The van der Waals surface area contributed by atoms with Crippen molar-refractivity contribution in [3.63, 3.8) is 0 Å². The highest BCUT2D eigenvalue weighted by Gasteiger charge is 2.20. The van der Waals surface area contributed by atoms with Crippen molar-refractivity contribution >= 4 is 27.0 Å². The average Bonchev–Trinajstić information content (AvgIpc) is 3.31. The Balaban J connectivity index is 1.63.